The Morgan fingerprint density at radius 2 is 1.76 bits per heavy atom. The molecular weight excluding hydrogens is 530 g/mol. The van der Waals surface area contributed by atoms with E-state index in [9.17, 15) is 4.79 Å². The molecule has 0 atom stereocenters. The van der Waals surface area contributed by atoms with Crippen molar-refractivity contribution in [1.29, 1.82) is 0 Å². The highest BCUT2D eigenvalue weighted by Crippen LogP contribution is 2.32. The summed E-state index contributed by atoms with van der Waals surface area (Å²) in [5.41, 5.74) is 4.71. The van der Waals surface area contributed by atoms with Gasteiger partial charge in [0, 0.05) is 21.3 Å². The van der Waals surface area contributed by atoms with E-state index in [0.717, 1.165) is 42.1 Å². The van der Waals surface area contributed by atoms with Gasteiger partial charge in [-0.25, -0.2) is 4.98 Å². The number of rotatable bonds is 4. The molecule has 0 bridgehead atoms. The molecule has 0 aliphatic carbocycles. The van der Waals surface area contributed by atoms with Crippen LogP contribution in [0.4, 0.5) is 5.69 Å². The van der Waals surface area contributed by atoms with Crippen LogP contribution in [0.3, 0.4) is 0 Å². The minimum absolute atomic E-state index is 0.185. The molecule has 168 valence electrons. The molecular formula is C26H18BrN3O2S2. The van der Waals surface area contributed by atoms with Gasteiger partial charge in [0.25, 0.3) is 5.91 Å². The average Bonchev–Trinajstić information content (AvgIpc) is 3.48. The molecule has 0 radical (unpaired) electrons. The molecule has 0 spiro atoms. The standard InChI is InChI=1S/C26H18BrN3O2S2/c1-15-14-17(25-28-20-4-2-3-5-23(20)34-25)8-11-19(15)29-26(33)30-24(31)22-13-12-21(32-22)16-6-9-18(27)10-7-16/h2-14H,1H3,(H2,29,30,31,33). The number of nitrogens with zero attached hydrogens (tertiary/aromatic N) is 1. The number of halogens is 1. The number of amides is 1. The highest BCUT2D eigenvalue weighted by molar-refractivity contribution is 9.10. The van der Waals surface area contributed by atoms with Crippen molar-refractivity contribution in [2.75, 3.05) is 5.32 Å². The van der Waals surface area contributed by atoms with E-state index in [-0.39, 0.29) is 10.9 Å². The summed E-state index contributed by atoms with van der Waals surface area (Å²) in [5, 5.41) is 6.94. The Kier molecular flexibility index (Phi) is 6.28. The van der Waals surface area contributed by atoms with Crippen LogP contribution in [0.15, 0.2) is 87.8 Å². The van der Waals surface area contributed by atoms with Crippen molar-refractivity contribution in [1.82, 2.24) is 10.3 Å². The first kappa shape index (κ1) is 22.5. The van der Waals surface area contributed by atoms with Crippen molar-refractivity contribution in [3.8, 4) is 21.9 Å². The number of hydrogen-bond donors (Lipinski definition) is 2. The van der Waals surface area contributed by atoms with E-state index in [1.54, 1.807) is 23.5 Å². The van der Waals surface area contributed by atoms with Gasteiger partial charge in [0.15, 0.2) is 10.9 Å². The van der Waals surface area contributed by atoms with Crippen LogP contribution in [-0.2, 0) is 0 Å². The summed E-state index contributed by atoms with van der Waals surface area (Å²) in [6, 6.07) is 25.1. The minimum atomic E-state index is -0.412. The normalized spacial score (nSPS) is 10.9. The van der Waals surface area contributed by atoms with Crippen molar-refractivity contribution >= 4 is 66.4 Å². The van der Waals surface area contributed by atoms with Crippen molar-refractivity contribution < 1.29 is 9.21 Å². The molecule has 5 rings (SSSR count). The first-order valence-electron chi connectivity index (χ1n) is 10.4. The third-order valence-electron chi connectivity index (χ3n) is 5.20. The number of nitrogens with one attached hydrogen (secondary N) is 2. The Hall–Kier alpha value is -3.33. The van der Waals surface area contributed by atoms with Gasteiger partial charge in [0.2, 0.25) is 0 Å². The SMILES string of the molecule is Cc1cc(-c2nc3ccccc3s2)ccc1NC(=S)NC(=O)c1ccc(-c2ccc(Br)cc2)o1. The summed E-state index contributed by atoms with van der Waals surface area (Å²) >= 11 is 10.4. The maximum absolute atomic E-state index is 12.6. The van der Waals surface area contributed by atoms with Crippen LogP contribution in [-0.4, -0.2) is 16.0 Å². The molecule has 0 fully saturated rings. The van der Waals surface area contributed by atoms with Crippen LogP contribution >= 0.6 is 39.5 Å². The van der Waals surface area contributed by atoms with E-state index in [4.69, 9.17) is 21.6 Å². The molecule has 3 aromatic carbocycles. The Balaban J connectivity index is 1.25. The molecule has 5 aromatic rings. The van der Waals surface area contributed by atoms with Crippen molar-refractivity contribution in [3.63, 3.8) is 0 Å². The first-order chi connectivity index (χ1) is 16.5. The molecule has 8 heteroatoms. The van der Waals surface area contributed by atoms with Crippen LogP contribution in [0, 0.1) is 6.92 Å². The summed E-state index contributed by atoms with van der Waals surface area (Å²) in [6.45, 7) is 1.99. The maximum Gasteiger partial charge on any atom is 0.293 e. The molecule has 0 saturated heterocycles. The van der Waals surface area contributed by atoms with Crippen LogP contribution in [0.5, 0.6) is 0 Å². The molecule has 2 N–H and O–H groups in total. The van der Waals surface area contributed by atoms with Gasteiger partial charge in [-0.3, -0.25) is 10.1 Å². The van der Waals surface area contributed by atoms with Gasteiger partial charge >= 0.3 is 0 Å². The lowest BCUT2D eigenvalue weighted by atomic mass is 10.1. The number of furan rings is 1. The second-order valence-corrected chi connectivity index (χ2v) is 9.95. The Morgan fingerprint density at radius 3 is 2.53 bits per heavy atom. The summed E-state index contributed by atoms with van der Waals surface area (Å²) in [7, 11) is 0. The second-order valence-electron chi connectivity index (χ2n) is 7.60. The smallest absolute Gasteiger partial charge is 0.293 e. The Morgan fingerprint density at radius 1 is 1.00 bits per heavy atom. The number of thiazole rings is 1. The number of thiocarbonyl (C=S) groups is 1. The van der Waals surface area contributed by atoms with Crippen LogP contribution < -0.4 is 10.6 Å². The molecule has 0 aliphatic rings. The quantitative estimate of drug-likeness (QED) is 0.229. The number of fused-ring (bicyclic) bond motifs is 1. The van der Waals surface area contributed by atoms with Gasteiger partial charge in [-0.15, -0.1) is 11.3 Å². The van der Waals surface area contributed by atoms with Crippen molar-refractivity contribution in [2.45, 2.75) is 6.92 Å². The third-order valence-corrected chi connectivity index (χ3v) is 7.02. The van der Waals surface area contributed by atoms with E-state index in [1.165, 1.54) is 0 Å². The number of hydrogen-bond acceptors (Lipinski definition) is 5. The van der Waals surface area contributed by atoms with Gasteiger partial charge in [-0.1, -0.05) is 40.2 Å². The number of benzene rings is 3. The number of aryl methyl sites for hydroxylation is 1. The first-order valence-corrected chi connectivity index (χ1v) is 12.4. The van der Waals surface area contributed by atoms with Gasteiger partial charge in [0.05, 0.1) is 10.2 Å². The minimum Gasteiger partial charge on any atom is -0.451 e. The van der Waals surface area contributed by atoms with Crippen LogP contribution in [0.25, 0.3) is 32.1 Å². The summed E-state index contributed by atoms with van der Waals surface area (Å²) < 4.78 is 7.84. The lowest BCUT2D eigenvalue weighted by Crippen LogP contribution is -2.34. The zero-order chi connectivity index (χ0) is 23.7. The highest BCUT2D eigenvalue weighted by atomic mass is 79.9. The predicted molar refractivity (Wildman–Crippen MR) is 145 cm³/mol. The van der Waals surface area contributed by atoms with E-state index in [2.05, 4.69) is 38.7 Å². The average molecular weight is 548 g/mol. The van der Waals surface area contributed by atoms with Crippen LogP contribution in [0.2, 0.25) is 0 Å². The fourth-order valence-corrected chi connectivity index (χ4v) is 4.91. The van der Waals surface area contributed by atoms with Crippen molar-refractivity contribution in [2.24, 2.45) is 0 Å². The third kappa shape index (κ3) is 4.79. The number of carbonyl (C=O) groups is 1. The number of anilines is 1. The van der Waals surface area contributed by atoms with E-state index >= 15 is 0 Å². The Labute approximate surface area is 214 Å². The fraction of sp³-hybridized carbons (Fsp3) is 0.0385. The lowest BCUT2D eigenvalue weighted by Gasteiger charge is -2.12. The molecule has 34 heavy (non-hydrogen) atoms. The molecule has 0 unspecified atom stereocenters. The highest BCUT2D eigenvalue weighted by Gasteiger charge is 2.15. The molecule has 1 amide bonds. The molecule has 2 aromatic heterocycles. The molecule has 5 nitrogen and oxygen atoms in total. The topological polar surface area (TPSA) is 67.2 Å². The van der Waals surface area contributed by atoms with E-state index in [1.807, 2.05) is 61.5 Å². The number of para-hydroxylation sites is 1. The van der Waals surface area contributed by atoms with Gasteiger partial charge in [-0.2, -0.15) is 0 Å². The predicted octanol–water partition coefficient (Wildman–Crippen LogP) is 7.42. The molecule has 0 saturated carbocycles. The monoisotopic (exact) mass is 547 g/mol. The zero-order valence-electron chi connectivity index (χ0n) is 18.0. The van der Waals surface area contributed by atoms with Gasteiger partial charge in [0.1, 0.15) is 10.8 Å². The summed E-state index contributed by atoms with van der Waals surface area (Å²) in [4.78, 5) is 17.3. The molecule has 2 heterocycles. The summed E-state index contributed by atoms with van der Waals surface area (Å²) in [6.07, 6.45) is 0. The largest absolute Gasteiger partial charge is 0.451 e. The lowest BCUT2D eigenvalue weighted by molar-refractivity contribution is 0.0951. The molecule has 0 aliphatic heterocycles. The van der Waals surface area contributed by atoms with Crippen molar-refractivity contribution in [3.05, 3.63) is 94.7 Å². The van der Waals surface area contributed by atoms with Gasteiger partial charge in [-0.05, 0) is 79.3 Å². The zero-order valence-corrected chi connectivity index (χ0v) is 21.2. The summed E-state index contributed by atoms with van der Waals surface area (Å²) in [5.74, 6) is 0.382. The van der Waals surface area contributed by atoms with E-state index < -0.39 is 5.91 Å². The maximum atomic E-state index is 12.6. The van der Waals surface area contributed by atoms with Crippen LogP contribution in [0.1, 0.15) is 16.1 Å². The number of aromatic nitrogens is 1. The number of carbonyl (C=O) groups excluding carboxylic acids is 1. The second kappa shape index (κ2) is 9.50. The van der Waals surface area contributed by atoms with Gasteiger partial charge < -0.3 is 9.73 Å². The Bertz CT molecular complexity index is 1490. The van der Waals surface area contributed by atoms with E-state index in [0.29, 0.717) is 5.76 Å². The fourth-order valence-electron chi connectivity index (χ4n) is 3.48.